The molecule has 0 aliphatic carbocycles. The van der Waals surface area contributed by atoms with Crippen LogP contribution in [-0.4, -0.2) is 14.5 Å². The third kappa shape index (κ3) is 2.24. The van der Waals surface area contributed by atoms with E-state index in [1.165, 1.54) is 20.9 Å². The van der Waals surface area contributed by atoms with Crippen LogP contribution in [0.2, 0.25) is 0 Å². The van der Waals surface area contributed by atoms with Gasteiger partial charge in [-0.15, -0.1) is 11.3 Å². The van der Waals surface area contributed by atoms with Crippen LogP contribution in [0.25, 0.3) is 60.0 Å². The lowest BCUT2D eigenvalue weighted by molar-refractivity contribution is 0.486. The van der Waals surface area contributed by atoms with E-state index in [-0.39, 0.29) is 0 Å². The van der Waals surface area contributed by atoms with Gasteiger partial charge in [0.25, 0.3) is 0 Å². The second-order valence-electron chi connectivity index (χ2n) is 8.27. The first-order valence-corrected chi connectivity index (χ1v) is 11.7. The van der Waals surface area contributed by atoms with Crippen LogP contribution in [0.15, 0.2) is 90.3 Å². The van der Waals surface area contributed by atoms with Crippen molar-refractivity contribution in [2.75, 3.05) is 0 Å². The maximum atomic E-state index is 6.17. The number of hydrogen-bond donors (Lipinski definition) is 0. The van der Waals surface area contributed by atoms with E-state index in [1.807, 2.05) is 36.4 Å². The van der Waals surface area contributed by atoms with Crippen molar-refractivity contribution in [2.45, 2.75) is 0 Å². The SMILES string of the molecule is c1ccc2c(c1)Oc1cccc3nc(-n4c5ccccc5c5c6ccsc6ccc54)nc-2c13. The smallest absolute Gasteiger partial charge is 0.235 e. The first-order chi connectivity index (χ1) is 16.4. The van der Waals surface area contributed by atoms with Crippen LogP contribution in [-0.2, 0) is 0 Å². The summed E-state index contributed by atoms with van der Waals surface area (Å²) in [5.41, 5.74) is 5.00. The van der Waals surface area contributed by atoms with E-state index in [0.29, 0.717) is 5.95 Å². The molecule has 5 heteroatoms. The lowest BCUT2D eigenvalue weighted by atomic mass is 10.0. The Morgan fingerprint density at radius 1 is 0.667 bits per heavy atom. The Kier molecular flexibility index (Phi) is 3.25. The molecule has 7 aromatic rings. The van der Waals surface area contributed by atoms with E-state index in [4.69, 9.17) is 14.7 Å². The summed E-state index contributed by atoms with van der Waals surface area (Å²) < 4.78 is 9.66. The molecule has 0 bridgehead atoms. The number of thiophene rings is 1. The van der Waals surface area contributed by atoms with Crippen LogP contribution < -0.4 is 4.74 Å². The number of ether oxygens (including phenoxy) is 1. The summed E-state index contributed by atoms with van der Waals surface area (Å²) >= 11 is 1.77. The molecular formula is C28H15N3OS. The Morgan fingerprint density at radius 3 is 2.55 bits per heavy atom. The summed E-state index contributed by atoms with van der Waals surface area (Å²) in [6, 6.07) is 29.2. The van der Waals surface area contributed by atoms with Gasteiger partial charge in [-0.3, -0.25) is 4.57 Å². The minimum Gasteiger partial charge on any atom is -0.456 e. The maximum Gasteiger partial charge on any atom is 0.235 e. The molecule has 0 saturated heterocycles. The Balaban J connectivity index is 1.55. The summed E-state index contributed by atoms with van der Waals surface area (Å²) in [7, 11) is 0. The van der Waals surface area contributed by atoms with Crippen molar-refractivity contribution in [1.29, 1.82) is 0 Å². The van der Waals surface area contributed by atoms with Crippen LogP contribution in [0.4, 0.5) is 0 Å². The second-order valence-corrected chi connectivity index (χ2v) is 9.21. The molecule has 0 unspecified atom stereocenters. The Hall–Kier alpha value is -4.22. The van der Waals surface area contributed by atoms with Gasteiger partial charge in [0, 0.05) is 26.4 Å². The highest BCUT2D eigenvalue weighted by Gasteiger charge is 2.24. The molecule has 1 aliphatic heterocycles. The van der Waals surface area contributed by atoms with E-state index in [2.05, 4.69) is 58.5 Å². The number of rotatable bonds is 1. The second kappa shape index (κ2) is 6.18. The number of benzene rings is 4. The third-order valence-corrected chi connectivity index (χ3v) is 7.39. The van der Waals surface area contributed by atoms with Crippen LogP contribution >= 0.6 is 11.3 Å². The molecule has 154 valence electrons. The molecular weight excluding hydrogens is 426 g/mol. The molecule has 4 heterocycles. The van der Waals surface area contributed by atoms with Gasteiger partial charge in [0.2, 0.25) is 5.95 Å². The predicted octanol–water partition coefficient (Wildman–Crippen LogP) is 7.71. The molecule has 0 amide bonds. The Labute approximate surface area is 192 Å². The topological polar surface area (TPSA) is 39.9 Å². The monoisotopic (exact) mass is 441 g/mol. The van der Waals surface area contributed by atoms with Crippen molar-refractivity contribution >= 4 is 54.1 Å². The number of para-hydroxylation sites is 2. The van der Waals surface area contributed by atoms with Gasteiger partial charge in [0.15, 0.2) is 0 Å². The first kappa shape index (κ1) is 17.3. The fraction of sp³-hybridized carbons (Fsp3) is 0. The quantitative estimate of drug-likeness (QED) is 0.262. The van der Waals surface area contributed by atoms with Crippen molar-refractivity contribution in [3.05, 3.63) is 90.3 Å². The average Bonchev–Trinajstić information content (AvgIpc) is 3.46. The van der Waals surface area contributed by atoms with Crippen molar-refractivity contribution in [3.8, 4) is 28.7 Å². The van der Waals surface area contributed by atoms with Gasteiger partial charge in [-0.2, -0.15) is 0 Å². The molecule has 0 fully saturated rings. The minimum absolute atomic E-state index is 0.673. The van der Waals surface area contributed by atoms with Crippen molar-refractivity contribution in [1.82, 2.24) is 14.5 Å². The van der Waals surface area contributed by atoms with E-state index >= 15 is 0 Å². The summed E-state index contributed by atoms with van der Waals surface area (Å²) in [5.74, 6) is 2.30. The van der Waals surface area contributed by atoms with E-state index in [9.17, 15) is 0 Å². The first-order valence-electron chi connectivity index (χ1n) is 10.8. The van der Waals surface area contributed by atoms with E-state index in [1.54, 1.807) is 11.3 Å². The largest absolute Gasteiger partial charge is 0.456 e. The van der Waals surface area contributed by atoms with Gasteiger partial charge in [-0.1, -0.05) is 36.4 Å². The normalized spacial score (nSPS) is 12.5. The lowest BCUT2D eigenvalue weighted by Gasteiger charge is -2.20. The number of fused-ring (bicyclic) bond motifs is 7. The van der Waals surface area contributed by atoms with Gasteiger partial charge in [0.05, 0.1) is 27.6 Å². The van der Waals surface area contributed by atoms with E-state index in [0.717, 1.165) is 44.7 Å². The zero-order chi connectivity index (χ0) is 21.5. The number of aromatic nitrogens is 3. The molecule has 0 N–H and O–H groups in total. The molecule has 0 spiro atoms. The van der Waals surface area contributed by atoms with Crippen LogP contribution in [0.1, 0.15) is 0 Å². The van der Waals surface area contributed by atoms with Crippen molar-refractivity contribution in [2.24, 2.45) is 0 Å². The molecule has 0 atom stereocenters. The highest BCUT2D eigenvalue weighted by Crippen LogP contribution is 2.45. The highest BCUT2D eigenvalue weighted by atomic mass is 32.1. The highest BCUT2D eigenvalue weighted by molar-refractivity contribution is 7.17. The van der Waals surface area contributed by atoms with Crippen LogP contribution in [0, 0.1) is 0 Å². The maximum absolute atomic E-state index is 6.17. The molecule has 3 aromatic heterocycles. The predicted molar refractivity (Wildman–Crippen MR) is 135 cm³/mol. The molecule has 4 nitrogen and oxygen atoms in total. The fourth-order valence-electron chi connectivity index (χ4n) is 5.12. The van der Waals surface area contributed by atoms with Gasteiger partial charge in [-0.25, -0.2) is 9.97 Å². The van der Waals surface area contributed by atoms with Gasteiger partial charge < -0.3 is 4.74 Å². The van der Waals surface area contributed by atoms with Gasteiger partial charge in [-0.05, 0) is 53.9 Å². The zero-order valence-corrected chi connectivity index (χ0v) is 18.1. The van der Waals surface area contributed by atoms with E-state index < -0.39 is 0 Å². The summed E-state index contributed by atoms with van der Waals surface area (Å²) in [5, 5.41) is 6.85. The lowest BCUT2D eigenvalue weighted by Crippen LogP contribution is -2.06. The number of hydrogen-bond acceptors (Lipinski definition) is 4. The third-order valence-electron chi connectivity index (χ3n) is 6.50. The number of nitrogens with zero attached hydrogens (tertiary/aromatic N) is 3. The molecule has 33 heavy (non-hydrogen) atoms. The van der Waals surface area contributed by atoms with Crippen LogP contribution in [0.3, 0.4) is 0 Å². The van der Waals surface area contributed by atoms with Crippen molar-refractivity contribution < 1.29 is 4.74 Å². The molecule has 0 radical (unpaired) electrons. The Morgan fingerprint density at radius 2 is 1.55 bits per heavy atom. The average molecular weight is 442 g/mol. The summed E-state index contributed by atoms with van der Waals surface area (Å²) in [4.78, 5) is 10.2. The molecule has 1 aliphatic rings. The standard InChI is InChI=1S/C28H15N3OS/c1-3-9-20-16(6-1)25-18-14-15-33-24(18)13-12-21(25)31(20)28-29-19-8-5-11-23-26(19)27(30-28)17-7-2-4-10-22(17)32-23/h1-15H. The fourth-order valence-corrected chi connectivity index (χ4v) is 5.91. The van der Waals surface area contributed by atoms with Crippen molar-refractivity contribution in [3.63, 3.8) is 0 Å². The minimum atomic E-state index is 0.673. The van der Waals surface area contributed by atoms with Crippen LogP contribution in [0.5, 0.6) is 11.5 Å². The molecule has 4 aromatic carbocycles. The molecule has 8 rings (SSSR count). The zero-order valence-electron chi connectivity index (χ0n) is 17.3. The summed E-state index contributed by atoms with van der Waals surface area (Å²) in [6.45, 7) is 0. The van der Waals surface area contributed by atoms with Gasteiger partial charge >= 0.3 is 0 Å². The Bertz CT molecular complexity index is 1910. The van der Waals surface area contributed by atoms with Gasteiger partial charge in [0.1, 0.15) is 11.5 Å². The summed E-state index contributed by atoms with van der Waals surface area (Å²) in [6.07, 6.45) is 0. The molecule has 0 saturated carbocycles.